The predicted molar refractivity (Wildman–Crippen MR) is 90.0 cm³/mol. The molecule has 0 spiro atoms. The van der Waals surface area contributed by atoms with E-state index in [2.05, 4.69) is 10.1 Å². The van der Waals surface area contributed by atoms with E-state index in [4.69, 9.17) is 0 Å². The van der Waals surface area contributed by atoms with Crippen LogP contribution < -0.4 is 0 Å². The molecule has 4 rings (SSSR count). The summed E-state index contributed by atoms with van der Waals surface area (Å²) in [4.78, 5) is 18.5. The third-order valence-corrected chi connectivity index (χ3v) is 4.35. The van der Waals surface area contributed by atoms with Gasteiger partial charge < -0.3 is 10.0 Å². The lowest BCUT2D eigenvalue weighted by Gasteiger charge is -2.21. The van der Waals surface area contributed by atoms with Gasteiger partial charge in [-0.2, -0.15) is 5.10 Å². The Kier molecular flexibility index (Phi) is 3.13. The first-order valence-electron chi connectivity index (χ1n) is 7.61. The molecule has 1 unspecified atom stereocenters. The molecule has 3 heterocycles. The van der Waals surface area contributed by atoms with Gasteiger partial charge in [-0.15, -0.1) is 0 Å². The topological polar surface area (TPSA) is 71.2 Å². The largest absolute Gasteiger partial charge is 0.503 e. The van der Waals surface area contributed by atoms with Crippen molar-refractivity contribution >= 4 is 22.4 Å². The Hall–Kier alpha value is -3.15. The van der Waals surface area contributed by atoms with Crippen LogP contribution in [0.1, 0.15) is 17.3 Å². The Morgan fingerprint density at radius 3 is 2.67 bits per heavy atom. The standard InChI is InChI=1S/C18H16N4O2/c1-21-10-12(9-19-21)16-15(17(23)18(24)22(16)2)14-8-7-11-5-3-4-6-13(11)20-14/h3-10,16,23H,1-2H3. The van der Waals surface area contributed by atoms with E-state index in [0.29, 0.717) is 11.3 Å². The quantitative estimate of drug-likeness (QED) is 0.787. The van der Waals surface area contributed by atoms with Crippen LogP contribution in [0.5, 0.6) is 0 Å². The molecule has 1 amide bonds. The van der Waals surface area contributed by atoms with E-state index in [9.17, 15) is 9.90 Å². The van der Waals surface area contributed by atoms with Gasteiger partial charge in [-0.25, -0.2) is 4.98 Å². The summed E-state index contributed by atoms with van der Waals surface area (Å²) in [6, 6.07) is 11.1. The molecule has 2 aromatic heterocycles. The molecule has 1 aliphatic heterocycles. The van der Waals surface area contributed by atoms with Gasteiger partial charge >= 0.3 is 0 Å². The number of pyridine rings is 1. The summed E-state index contributed by atoms with van der Waals surface area (Å²) in [6.45, 7) is 0. The van der Waals surface area contributed by atoms with E-state index in [1.54, 1.807) is 17.9 Å². The maximum Gasteiger partial charge on any atom is 0.289 e. The smallest absolute Gasteiger partial charge is 0.289 e. The first kappa shape index (κ1) is 14.4. The zero-order valence-corrected chi connectivity index (χ0v) is 13.3. The van der Waals surface area contributed by atoms with E-state index in [1.165, 1.54) is 4.90 Å². The number of hydrogen-bond acceptors (Lipinski definition) is 4. The van der Waals surface area contributed by atoms with Crippen molar-refractivity contribution in [2.45, 2.75) is 6.04 Å². The van der Waals surface area contributed by atoms with Gasteiger partial charge in [-0.1, -0.05) is 24.3 Å². The third kappa shape index (κ3) is 2.07. The SMILES string of the molecule is CN1C(=O)C(O)=C(c2ccc3ccccc3n2)C1c1cnn(C)c1. The molecule has 0 fully saturated rings. The molecular weight excluding hydrogens is 304 g/mol. The molecular formula is C18H16N4O2. The number of aromatic nitrogens is 3. The number of aliphatic hydroxyl groups is 1. The van der Waals surface area contributed by atoms with Crippen molar-refractivity contribution in [1.82, 2.24) is 19.7 Å². The number of likely N-dealkylation sites (N-methyl/N-ethyl adjacent to an activating group) is 1. The minimum Gasteiger partial charge on any atom is -0.503 e. The molecule has 6 nitrogen and oxygen atoms in total. The van der Waals surface area contributed by atoms with Gasteiger partial charge in [0.25, 0.3) is 5.91 Å². The monoisotopic (exact) mass is 320 g/mol. The second kappa shape index (κ2) is 5.19. The highest BCUT2D eigenvalue weighted by Crippen LogP contribution is 2.41. The first-order valence-corrected chi connectivity index (χ1v) is 7.61. The van der Waals surface area contributed by atoms with Crippen molar-refractivity contribution in [2.75, 3.05) is 7.05 Å². The molecule has 1 aromatic carbocycles. The van der Waals surface area contributed by atoms with Crippen LogP contribution in [0.2, 0.25) is 0 Å². The number of rotatable bonds is 2. The maximum absolute atomic E-state index is 12.3. The fourth-order valence-electron chi connectivity index (χ4n) is 3.17. The van der Waals surface area contributed by atoms with E-state index < -0.39 is 11.9 Å². The third-order valence-electron chi connectivity index (χ3n) is 4.35. The molecule has 0 bridgehead atoms. The van der Waals surface area contributed by atoms with Crippen LogP contribution in [0.15, 0.2) is 54.6 Å². The van der Waals surface area contributed by atoms with Crippen LogP contribution in [0, 0.1) is 0 Å². The summed E-state index contributed by atoms with van der Waals surface area (Å²) < 4.78 is 1.68. The van der Waals surface area contributed by atoms with Gasteiger partial charge in [0.15, 0.2) is 5.76 Å². The number of aliphatic hydroxyl groups excluding tert-OH is 1. The number of carbonyl (C=O) groups excluding carboxylic acids is 1. The van der Waals surface area contributed by atoms with Crippen molar-refractivity contribution in [2.24, 2.45) is 7.05 Å². The van der Waals surface area contributed by atoms with Gasteiger partial charge in [-0.05, 0) is 12.1 Å². The lowest BCUT2D eigenvalue weighted by atomic mass is 9.98. The van der Waals surface area contributed by atoms with E-state index >= 15 is 0 Å². The number of amides is 1. The van der Waals surface area contributed by atoms with Crippen LogP contribution in [-0.4, -0.2) is 37.7 Å². The first-order chi connectivity index (χ1) is 11.6. The molecule has 1 aliphatic rings. The average Bonchev–Trinajstić information content (AvgIpc) is 3.11. The second-order valence-electron chi connectivity index (χ2n) is 5.92. The summed E-state index contributed by atoms with van der Waals surface area (Å²) in [5.74, 6) is -0.664. The molecule has 0 aliphatic carbocycles. The fraction of sp³-hybridized carbons (Fsp3) is 0.167. The van der Waals surface area contributed by atoms with Crippen molar-refractivity contribution in [3.8, 4) is 0 Å². The van der Waals surface area contributed by atoms with Gasteiger partial charge in [0.1, 0.15) is 0 Å². The minimum absolute atomic E-state index is 0.255. The van der Waals surface area contributed by atoms with E-state index in [1.807, 2.05) is 49.6 Å². The summed E-state index contributed by atoms with van der Waals surface area (Å²) >= 11 is 0. The zero-order chi connectivity index (χ0) is 16.8. The Balaban J connectivity index is 1.89. The highest BCUT2D eigenvalue weighted by molar-refractivity contribution is 6.05. The normalized spacial score (nSPS) is 18.0. The average molecular weight is 320 g/mol. The van der Waals surface area contributed by atoms with Crippen LogP contribution in [0.3, 0.4) is 0 Å². The summed E-state index contributed by atoms with van der Waals surface area (Å²) in [6.07, 6.45) is 3.54. The summed E-state index contributed by atoms with van der Waals surface area (Å²) in [7, 11) is 3.49. The van der Waals surface area contributed by atoms with Crippen LogP contribution >= 0.6 is 0 Å². The minimum atomic E-state index is -0.409. The Bertz CT molecular complexity index is 989. The van der Waals surface area contributed by atoms with Gasteiger partial charge in [0.05, 0.1) is 29.0 Å². The lowest BCUT2D eigenvalue weighted by molar-refractivity contribution is -0.128. The molecule has 0 radical (unpaired) electrons. The van der Waals surface area contributed by atoms with E-state index in [-0.39, 0.29) is 5.76 Å². The molecule has 1 N–H and O–H groups in total. The number of aryl methyl sites for hydroxylation is 1. The predicted octanol–water partition coefficient (Wildman–Crippen LogP) is 2.45. The molecule has 1 atom stereocenters. The molecule has 3 aromatic rings. The van der Waals surface area contributed by atoms with Crippen molar-refractivity contribution in [3.63, 3.8) is 0 Å². The van der Waals surface area contributed by atoms with Crippen LogP contribution in [0.25, 0.3) is 16.5 Å². The highest BCUT2D eigenvalue weighted by Gasteiger charge is 2.40. The zero-order valence-electron chi connectivity index (χ0n) is 13.3. The molecule has 0 saturated carbocycles. The Labute approximate surface area is 138 Å². The lowest BCUT2D eigenvalue weighted by Crippen LogP contribution is -2.25. The van der Waals surface area contributed by atoms with Crippen molar-refractivity contribution < 1.29 is 9.90 Å². The van der Waals surface area contributed by atoms with E-state index in [0.717, 1.165) is 16.5 Å². The van der Waals surface area contributed by atoms with Gasteiger partial charge in [0.2, 0.25) is 0 Å². The highest BCUT2D eigenvalue weighted by atomic mass is 16.3. The number of fused-ring (bicyclic) bond motifs is 1. The number of benzene rings is 1. The Morgan fingerprint density at radius 2 is 1.92 bits per heavy atom. The molecule has 6 heteroatoms. The van der Waals surface area contributed by atoms with Crippen LogP contribution in [0.4, 0.5) is 0 Å². The number of nitrogens with zero attached hydrogens (tertiary/aromatic N) is 4. The molecule has 120 valence electrons. The second-order valence-corrected chi connectivity index (χ2v) is 5.92. The van der Waals surface area contributed by atoms with Gasteiger partial charge in [0, 0.05) is 31.2 Å². The maximum atomic E-state index is 12.3. The summed E-state index contributed by atoms with van der Waals surface area (Å²) in [5.41, 5.74) is 2.77. The Morgan fingerprint density at radius 1 is 1.12 bits per heavy atom. The van der Waals surface area contributed by atoms with Crippen molar-refractivity contribution in [3.05, 3.63) is 65.8 Å². The molecule has 0 saturated heterocycles. The summed E-state index contributed by atoms with van der Waals surface area (Å²) in [5, 5.41) is 15.6. The number of para-hydroxylation sites is 1. The number of carbonyl (C=O) groups is 1. The number of hydrogen-bond donors (Lipinski definition) is 1. The fourth-order valence-corrected chi connectivity index (χ4v) is 3.17. The van der Waals surface area contributed by atoms with Gasteiger partial charge in [-0.3, -0.25) is 9.48 Å². The van der Waals surface area contributed by atoms with Crippen molar-refractivity contribution in [1.29, 1.82) is 0 Å². The van der Waals surface area contributed by atoms with Crippen LogP contribution in [-0.2, 0) is 11.8 Å². The molecule has 24 heavy (non-hydrogen) atoms.